The number of aliphatic hydroxyl groups is 1. The third-order valence-corrected chi connectivity index (χ3v) is 16.4. The Labute approximate surface area is 440 Å². The van der Waals surface area contributed by atoms with Crippen LogP contribution in [0.25, 0.3) is 11.3 Å². The summed E-state index contributed by atoms with van der Waals surface area (Å²) in [5, 5.41) is 36.7. The number of ether oxygens (including phenoxy) is 3. The second-order valence-electron chi connectivity index (χ2n) is 22.0. The monoisotopic (exact) mass is 1050 g/mol. The number of alkyl halides is 2. The zero-order chi connectivity index (χ0) is 52.8. The normalized spacial score (nSPS) is 26.0. The third kappa shape index (κ3) is 11.0. The number of aromatic nitrogens is 4. The average molecular weight is 1050 g/mol. The van der Waals surface area contributed by atoms with Crippen molar-refractivity contribution >= 4 is 29.0 Å². The summed E-state index contributed by atoms with van der Waals surface area (Å²) >= 11 is 0. The molecule has 11 rings (SSSR count). The minimum absolute atomic E-state index is 0.00133. The molecule has 76 heavy (non-hydrogen) atoms. The molecule has 4 saturated heterocycles. The van der Waals surface area contributed by atoms with Gasteiger partial charge in [0, 0.05) is 107 Å². The van der Waals surface area contributed by atoms with Crippen LogP contribution in [-0.4, -0.2) is 147 Å². The Morgan fingerprint density at radius 1 is 0.895 bits per heavy atom. The third-order valence-electron chi connectivity index (χ3n) is 16.4. The van der Waals surface area contributed by atoms with Crippen molar-refractivity contribution in [2.75, 3.05) is 61.4 Å². The van der Waals surface area contributed by atoms with Crippen molar-refractivity contribution in [2.24, 2.45) is 5.92 Å². The number of aliphatic hydroxyl groups excluding tert-OH is 1. The smallest absolute Gasteiger partial charge is 0.255 e. The lowest BCUT2D eigenvalue weighted by Crippen LogP contribution is -2.54. The van der Waals surface area contributed by atoms with E-state index in [9.17, 15) is 28.6 Å². The number of β-amino-alcohol motifs (C(OH)–C–C–N with tert-alkyl or cyclic N) is 1. The summed E-state index contributed by atoms with van der Waals surface area (Å²) in [6, 6.07) is 20.8. The Bertz CT molecular complexity index is 2850. The number of nitrogen functional groups attached to an aromatic ring is 1. The zero-order valence-electron chi connectivity index (χ0n) is 43.2. The van der Waals surface area contributed by atoms with E-state index in [0.29, 0.717) is 47.4 Å². The first kappa shape index (κ1) is 51.5. The van der Waals surface area contributed by atoms with Gasteiger partial charge in [-0.3, -0.25) is 14.5 Å². The molecule has 6 aliphatic rings. The standard InChI is InChI=1S/C56H68F2N10O8/c1-32(2)52(55(72)67-31-39(69)23-47(67)54(71)61-33(3)34-8-10-35(11-9-34)44-28-56(44,57)58)49-27-51(64-76-49)73-21-20-65-18-15-40(16-19-65)74-41-24-42(25-41)75-50-22-36(14-17-60-50)68-37-12-13-38(68)30-66(29-37)46-26-45(62-63-53(46)59)43-6-4-5-7-48(43)70/h4-11,14,17,22,26-27,32-33,37-42,44,47,52,69-70H,12-13,15-16,18-21,23-25,28-31H2,1-3H3,(H2,59,63)(H,61,71)/t33-,37?,38?,39+,41-,42-,44?,47-,52+/m0/s1. The number of piperidine rings is 1. The second-order valence-corrected chi connectivity index (χ2v) is 22.0. The SMILES string of the molecule is CC(C)[C@@H](C(=O)N1C[C@H](O)C[C@H]1C(=O)N[C@@H](C)c1ccc(C2CC2(F)F)cc1)c1cc(OCCN2CCC(O[C@H]3C[C@H](Oc4cc(N5C6CCC5CN(c5cc(-c7ccccc7O)nnc5N)C6)ccn4)C3)CC2)no1. The van der Waals surface area contributed by atoms with E-state index in [1.54, 1.807) is 49.4 Å². The van der Waals surface area contributed by atoms with Crippen LogP contribution in [0.4, 0.5) is 26.0 Å². The van der Waals surface area contributed by atoms with E-state index in [1.807, 2.05) is 38.2 Å². The first-order chi connectivity index (χ1) is 36.6. The highest BCUT2D eigenvalue weighted by atomic mass is 19.3. The minimum atomic E-state index is -2.66. The Balaban J connectivity index is 0.599. The number of nitrogens with zero attached hydrogens (tertiary/aromatic N) is 8. The molecule has 5 aromatic rings. The minimum Gasteiger partial charge on any atom is -0.507 e. The van der Waals surface area contributed by atoms with Gasteiger partial charge in [-0.15, -0.1) is 10.2 Å². The quantitative estimate of drug-likeness (QED) is 0.0706. The van der Waals surface area contributed by atoms with Gasteiger partial charge in [0.15, 0.2) is 11.6 Å². The van der Waals surface area contributed by atoms with Gasteiger partial charge in [-0.1, -0.05) is 50.2 Å². The van der Waals surface area contributed by atoms with Crippen LogP contribution in [0, 0.1) is 5.92 Å². The lowest BCUT2D eigenvalue weighted by Gasteiger charge is -2.43. The fourth-order valence-corrected chi connectivity index (χ4v) is 12.0. The summed E-state index contributed by atoms with van der Waals surface area (Å²) in [5.41, 5.74) is 10.8. The van der Waals surface area contributed by atoms with E-state index in [-0.39, 0.29) is 73.2 Å². The van der Waals surface area contributed by atoms with Crippen molar-refractivity contribution in [1.82, 2.24) is 35.5 Å². The number of hydrogen-bond donors (Lipinski definition) is 4. The number of pyridine rings is 1. The van der Waals surface area contributed by atoms with Gasteiger partial charge < -0.3 is 54.7 Å². The largest absolute Gasteiger partial charge is 0.507 e. The number of halogens is 2. The highest BCUT2D eigenvalue weighted by Crippen LogP contribution is 2.55. The summed E-state index contributed by atoms with van der Waals surface area (Å²) in [4.78, 5) is 41.0. The molecule has 6 fully saturated rings. The number of phenolic OH excluding ortho intramolecular Hbond substituents is 1. The second kappa shape index (κ2) is 21.4. The number of nitrogens with one attached hydrogen (secondary N) is 1. The number of likely N-dealkylation sites (tertiary alicyclic amines) is 2. The number of phenols is 1. The van der Waals surface area contributed by atoms with E-state index < -0.39 is 41.9 Å². The number of carbonyl (C=O) groups is 2. The van der Waals surface area contributed by atoms with Crippen LogP contribution in [0.1, 0.15) is 107 Å². The van der Waals surface area contributed by atoms with Gasteiger partial charge in [0.25, 0.3) is 11.8 Å². The molecular weight excluding hydrogens is 979 g/mol. The van der Waals surface area contributed by atoms with Crippen LogP contribution in [-0.2, 0) is 14.3 Å². The van der Waals surface area contributed by atoms with E-state index in [4.69, 9.17) is 24.5 Å². The summed E-state index contributed by atoms with van der Waals surface area (Å²) in [6.45, 7) is 9.95. The number of rotatable bonds is 18. The first-order valence-electron chi connectivity index (χ1n) is 27.0. The molecule has 0 radical (unpaired) electrons. The molecule has 0 spiro atoms. The van der Waals surface area contributed by atoms with Crippen molar-refractivity contribution in [2.45, 2.75) is 138 Å². The molecule has 2 aromatic carbocycles. The molecule has 3 aromatic heterocycles. The van der Waals surface area contributed by atoms with E-state index in [1.165, 1.54) is 4.90 Å². The fraction of sp³-hybridized carbons (Fsp3) is 0.536. The Kier molecular flexibility index (Phi) is 14.5. The predicted octanol–water partition coefficient (Wildman–Crippen LogP) is 6.84. The van der Waals surface area contributed by atoms with E-state index >= 15 is 0 Å². The number of nitrogens with two attached hydrogens (primary N) is 1. The molecule has 3 unspecified atom stereocenters. The van der Waals surface area contributed by atoms with Gasteiger partial charge in [0.05, 0.1) is 41.7 Å². The maximum atomic E-state index is 14.2. The topological polar surface area (TPSA) is 218 Å². The molecule has 2 aliphatic carbocycles. The molecular formula is C56H68F2N10O8. The Morgan fingerprint density at radius 2 is 1.63 bits per heavy atom. The van der Waals surface area contributed by atoms with Crippen molar-refractivity contribution in [3.8, 4) is 28.8 Å². The number of hydrogen-bond acceptors (Lipinski definition) is 16. The van der Waals surface area contributed by atoms with Gasteiger partial charge in [-0.2, -0.15) is 0 Å². The molecule has 5 N–H and O–H groups in total. The number of fused-ring (bicyclic) bond motifs is 2. The van der Waals surface area contributed by atoms with Crippen molar-refractivity contribution in [1.29, 1.82) is 0 Å². The number of carbonyl (C=O) groups excluding carboxylic acids is 2. The van der Waals surface area contributed by atoms with Crippen LogP contribution >= 0.6 is 0 Å². The number of anilines is 3. The van der Waals surface area contributed by atoms with Crippen molar-refractivity contribution in [3.05, 3.63) is 95.9 Å². The number of benzene rings is 2. The van der Waals surface area contributed by atoms with Crippen LogP contribution in [0.2, 0.25) is 0 Å². The van der Waals surface area contributed by atoms with E-state index in [2.05, 4.69) is 52.5 Å². The summed E-state index contributed by atoms with van der Waals surface area (Å²) in [7, 11) is 0. The fourth-order valence-electron chi connectivity index (χ4n) is 12.0. The molecule has 18 nitrogen and oxygen atoms in total. The van der Waals surface area contributed by atoms with Crippen molar-refractivity contribution in [3.63, 3.8) is 0 Å². The lowest BCUT2D eigenvalue weighted by atomic mass is 9.91. The van der Waals surface area contributed by atoms with Gasteiger partial charge in [0.2, 0.25) is 17.7 Å². The van der Waals surface area contributed by atoms with Gasteiger partial charge in [-0.25, -0.2) is 13.8 Å². The molecule has 4 aliphatic heterocycles. The van der Waals surface area contributed by atoms with Gasteiger partial charge in [-0.05, 0) is 79.1 Å². The summed E-state index contributed by atoms with van der Waals surface area (Å²) < 4.78 is 51.8. The summed E-state index contributed by atoms with van der Waals surface area (Å²) in [6.07, 6.45) is 6.83. The lowest BCUT2D eigenvalue weighted by molar-refractivity contribution is -0.141. The van der Waals surface area contributed by atoms with Gasteiger partial charge >= 0.3 is 0 Å². The van der Waals surface area contributed by atoms with Crippen LogP contribution in [0.15, 0.2) is 83.5 Å². The predicted molar refractivity (Wildman–Crippen MR) is 278 cm³/mol. The van der Waals surface area contributed by atoms with Gasteiger partial charge in [0.1, 0.15) is 30.4 Å². The van der Waals surface area contributed by atoms with Crippen molar-refractivity contribution < 1.29 is 47.3 Å². The molecule has 20 heteroatoms. The maximum Gasteiger partial charge on any atom is 0.255 e. The van der Waals surface area contributed by atoms with Crippen LogP contribution < -0.4 is 30.3 Å². The highest BCUT2D eigenvalue weighted by Gasteiger charge is 2.57. The number of aromatic hydroxyl groups is 1. The number of para-hydroxylation sites is 1. The molecule has 2 saturated carbocycles. The number of amides is 2. The first-order valence-corrected chi connectivity index (χ1v) is 27.0. The van der Waals surface area contributed by atoms with Crippen LogP contribution in [0.5, 0.6) is 17.5 Å². The van der Waals surface area contributed by atoms with Crippen LogP contribution in [0.3, 0.4) is 0 Å². The maximum absolute atomic E-state index is 14.2. The Morgan fingerprint density at radius 3 is 2.34 bits per heavy atom. The molecule has 2 bridgehead atoms. The Hall–Kier alpha value is -6.64. The molecule has 404 valence electrons. The molecule has 7 heterocycles. The highest BCUT2D eigenvalue weighted by molar-refractivity contribution is 5.91. The summed E-state index contributed by atoms with van der Waals surface area (Å²) in [5.74, 6) is -3.42. The number of piperazine rings is 1. The molecule has 2 amide bonds. The average Bonchev–Trinajstić information content (AvgIpc) is 3.71. The zero-order valence-corrected chi connectivity index (χ0v) is 43.2. The molecule has 7 atom stereocenters. The van der Waals surface area contributed by atoms with E-state index in [0.717, 1.165) is 81.6 Å².